The molecular formula is C16H32N4O3. The first-order valence-corrected chi connectivity index (χ1v) is 8.28. The van der Waals surface area contributed by atoms with Gasteiger partial charge in [0.1, 0.15) is 5.60 Å². The molecule has 1 aliphatic rings. The molecule has 0 aromatic carbocycles. The van der Waals surface area contributed by atoms with Crippen molar-refractivity contribution in [3.63, 3.8) is 0 Å². The van der Waals surface area contributed by atoms with E-state index >= 15 is 0 Å². The van der Waals surface area contributed by atoms with Crippen molar-refractivity contribution in [2.45, 2.75) is 39.2 Å². The summed E-state index contributed by atoms with van der Waals surface area (Å²) < 4.78 is 10.6. The lowest BCUT2D eigenvalue weighted by Gasteiger charge is -2.24. The molecule has 1 unspecified atom stereocenters. The lowest BCUT2D eigenvalue weighted by molar-refractivity contribution is 0.0527. The van der Waals surface area contributed by atoms with Crippen LogP contribution in [0, 0.1) is 5.92 Å². The summed E-state index contributed by atoms with van der Waals surface area (Å²) in [5.74, 6) is 1.45. The Morgan fingerprint density at radius 2 is 2.04 bits per heavy atom. The highest BCUT2D eigenvalue weighted by molar-refractivity contribution is 5.79. The van der Waals surface area contributed by atoms with Gasteiger partial charge in [-0.1, -0.05) is 0 Å². The maximum absolute atomic E-state index is 11.5. The Balaban J connectivity index is 2.16. The number of guanidine groups is 1. The Morgan fingerprint density at radius 3 is 2.61 bits per heavy atom. The molecule has 1 amide bonds. The van der Waals surface area contributed by atoms with Gasteiger partial charge in [0.2, 0.25) is 0 Å². The number of hydrogen-bond acceptors (Lipinski definition) is 4. The number of aliphatic imine (C=N–C) groups is 1. The summed E-state index contributed by atoms with van der Waals surface area (Å²) in [6, 6.07) is 0. The van der Waals surface area contributed by atoms with Gasteiger partial charge in [-0.2, -0.15) is 0 Å². The summed E-state index contributed by atoms with van der Waals surface area (Å²) in [5.41, 5.74) is -0.461. The van der Waals surface area contributed by atoms with Crippen LogP contribution < -0.4 is 10.6 Å². The van der Waals surface area contributed by atoms with E-state index in [0.29, 0.717) is 12.5 Å². The number of carbonyl (C=O) groups is 1. The van der Waals surface area contributed by atoms with E-state index < -0.39 is 5.60 Å². The first-order valence-electron chi connectivity index (χ1n) is 8.28. The standard InChI is InChI=1S/C16H32N4O3/c1-16(2,3)23-15(21)19-9-6-8-18-14(17-4)20(5)11-13-7-10-22-12-13/h13H,6-12H2,1-5H3,(H,17,18)(H,19,21). The van der Waals surface area contributed by atoms with E-state index in [1.807, 2.05) is 27.8 Å². The predicted octanol–water partition coefficient (Wildman–Crippen LogP) is 1.44. The van der Waals surface area contributed by atoms with Gasteiger partial charge in [-0.25, -0.2) is 4.79 Å². The zero-order chi connectivity index (χ0) is 17.3. The van der Waals surface area contributed by atoms with Crippen LogP contribution in [-0.4, -0.2) is 69.5 Å². The second kappa shape index (κ2) is 9.60. The van der Waals surface area contributed by atoms with Gasteiger partial charge in [-0.3, -0.25) is 4.99 Å². The summed E-state index contributed by atoms with van der Waals surface area (Å²) in [6.45, 7) is 9.50. The molecule has 0 aromatic heterocycles. The Bertz CT molecular complexity index is 387. The fraction of sp³-hybridized carbons (Fsp3) is 0.875. The van der Waals surface area contributed by atoms with Crippen molar-refractivity contribution in [1.82, 2.24) is 15.5 Å². The summed E-state index contributed by atoms with van der Waals surface area (Å²) in [7, 11) is 3.82. The van der Waals surface area contributed by atoms with Gasteiger partial charge < -0.3 is 25.0 Å². The van der Waals surface area contributed by atoms with E-state index in [2.05, 4.69) is 20.5 Å². The molecule has 1 fully saturated rings. The molecule has 1 saturated heterocycles. The molecule has 0 saturated carbocycles. The first kappa shape index (κ1) is 19.5. The topological polar surface area (TPSA) is 75.2 Å². The quantitative estimate of drug-likeness (QED) is 0.438. The Labute approximate surface area is 139 Å². The maximum atomic E-state index is 11.5. The van der Waals surface area contributed by atoms with Crippen LogP contribution in [0.15, 0.2) is 4.99 Å². The molecule has 2 N–H and O–H groups in total. The van der Waals surface area contributed by atoms with Crippen LogP contribution >= 0.6 is 0 Å². The summed E-state index contributed by atoms with van der Waals surface area (Å²) in [4.78, 5) is 17.9. The molecule has 7 heteroatoms. The van der Waals surface area contributed by atoms with Gasteiger partial charge in [-0.05, 0) is 33.6 Å². The monoisotopic (exact) mass is 328 g/mol. The number of rotatable bonds is 6. The lowest BCUT2D eigenvalue weighted by Crippen LogP contribution is -2.42. The fourth-order valence-corrected chi connectivity index (χ4v) is 2.38. The van der Waals surface area contributed by atoms with Crippen molar-refractivity contribution in [3.8, 4) is 0 Å². The van der Waals surface area contributed by atoms with Crippen LogP contribution in [0.3, 0.4) is 0 Å². The van der Waals surface area contributed by atoms with Crippen molar-refractivity contribution in [3.05, 3.63) is 0 Å². The van der Waals surface area contributed by atoms with Crippen molar-refractivity contribution < 1.29 is 14.3 Å². The smallest absolute Gasteiger partial charge is 0.407 e. The van der Waals surface area contributed by atoms with Crippen LogP contribution in [0.2, 0.25) is 0 Å². The van der Waals surface area contributed by atoms with E-state index in [1.54, 1.807) is 7.05 Å². The molecule has 0 aliphatic carbocycles. The number of alkyl carbamates (subject to hydrolysis) is 1. The van der Waals surface area contributed by atoms with Crippen molar-refractivity contribution in [1.29, 1.82) is 0 Å². The zero-order valence-electron chi connectivity index (χ0n) is 15.1. The second-order valence-corrected chi connectivity index (χ2v) is 6.87. The van der Waals surface area contributed by atoms with Crippen molar-refractivity contribution in [2.75, 3.05) is 46.9 Å². The Hall–Kier alpha value is -1.50. The van der Waals surface area contributed by atoms with Gasteiger partial charge in [0.25, 0.3) is 0 Å². The summed E-state index contributed by atoms with van der Waals surface area (Å²) >= 11 is 0. The number of amides is 1. The molecule has 0 radical (unpaired) electrons. The average molecular weight is 328 g/mol. The number of carbonyl (C=O) groups excluding carboxylic acids is 1. The van der Waals surface area contributed by atoms with Crippen molar-refractivity contribution >= 4 is 12.1 Å². The highest BCUT2D eigenvalue weighted by atomic mass is 16.6. The van der Waals surface area contributed by atoms with E-state index in [4.69, 9.17) is 9.47 Å². The van der Waals surface area contributed by atoms with E-state index in [9.17, 15) is 4.79 Å². The summed E-state index contributed by atoms with van der Waals surface area (Å²) in [5, 5.41) is 6.06. The average Bonchev–Trinajstić information content (AvgIpc) is 2.93. The third kappa shape index (κ3) is 8.64. The predicted molar refractivity (Wildman–Crippen MR) is 91.8 cm³/mol. The van der Waals surface area contributed by atoms with Gasteiger partial charge >= 0.3 is 6.09 Å². The van der Waals surface area contributed by atoms with Crippen LogP contribution in [0.25, 0.3) is 0 Å². The molecule has 1 atom stereocenters. The minimum atomic E-state index is -0.461. The minimum Gasteiger partial charge on any atom is -0.444 e. The molecule has 0 bridgehead atoms. The van der Waals surface area contributed by atoms with Gasteiger partial charge in [0.05, 0.1) is 6.61 Å². The molecule has 0 aromatic rings. The number of hydrogen-bond donors (Lipinski definition) is 2. The SMILES string of the molecule is CN=C(NCCCNC(=O)OC(C)(C)C)N(C)CC1CCOC1. The second-order valence-electron chi connectivity index (χ2n) is 6.87. The van der Waals surface area contributed by atoms with Crippen LogP contribution in [0.1, 0.15) is 33.6 Å². The van der Waals surface area contributed by atoms with E-state index in [1.165, 1.54) is 0 Å². The molecule has 7 nitrogen and oxygen atoms in total. The molecule has 23 heavy (non-hydrogen) atoms. The molecule has 1 rings (SSSR count). The third-order valence-electron chi connectivity index (χ3n) is 3.43. The Kier molecular flexibility index (Phi) is 8.16. The molecule has 0 spiro atoms. The summed E-state index contributed by atoms with van der Waals surface area (Å²) in [6.07, 6.45) is 1.54. The largest absolute Gasteiger partial charge is 0.444 e. The van der Waals surface area contributed by atoms with Gasteiger partial charge in [0, 0.05) is 46.3 Å². The minimum absolute atomic E-state index is 0.375. The van der Waals surface area contributed by atoms with Crippen LogP contribution in [0.4, 0.5) is 4.79 Å². The van der Waals surface area contributed by atoms with Gasteiger partial charge in [-0.15, -0.1) is 0 Å². The lowest BCUT2D eigenvalue weighted by atomic mass is 10.1. The highest BCUT2D eigenvalue weighted by Gasteiger charge is 2.19. The molecule has 1 aliphatic heterocycles. The molecule has 1 heterocycles. The highest BCUT2D eigenvalue weighted by Crippen LogP contribution is 2.13. The van der Waals surface area contributed by atoms with Gasteiger partial charge in [0.15, 0.2) is 5.96 Å². The molecule has 134 valence electrons. The van der Waals surface area contributed by atoms with Crippen LogP contribution in [-0.2, 0) is 9.47 Å². The Morgan fingerprint density at radius 1 is 1.35 bits per heavy atom. The van der Waals surface area contributed by atoms with E-state index in [-0.39, 0.29) is 6.09 Å². The maximum Gasteiger partial charge on any atom is 0.407 e. The zero-order valence-corrected chi connectivity index (χ0v) is 15.1. The molecular weight excluding hydrogens is 296 g/mol. The number of nitrogens with one attached hydrogen (secondary N) is 2. The normalized spacial score (nSPS) is 18.7. The third-order valence-corrected chi connectivity index (χ3v) is 3.43. The van der Waals surface area contributed by atoms with E-state index in [0.717, 1.165) is 45.1 Å². The first-order chi connectivity index (χ1) is 10.8. The van der Waals surface area contributed by atoms with Crippen molar-refractivity contribution in [2.24, 2.45) is 10.9 Å². The van der Waals surface area contributed by atoms with Crippen LogP contribution in [0.5, 0.6) is 0 Å². The fourth-order valence-electron chi connectivity index (χ4n) is 2.38. The number of nitrogens with zero attached hydrogens (tertiary/aromatic N) is 2. The number of ether oxygens (including phenoxy) is 2.